The van der Waals surface area contributed by atoms with E-state index in [2.05, 4.69) is 32.2 Å². The van der Waals surface area contributed by atoms with Crippen LogP contribution in [0.3, 0.4) is 0 Å². The molecule has 0 aliphatic heterocycles. The second-order valence-corrected chi connectivity index (χ2v) is 6.73. The van der Waals surface area contributed by atoms with Gasteiger partial charge in [-0.25, -0.2) is 9.59 Å². The second-order valence-electron chi connectivity index (χ2n) is 6.73. The lowest BCUT2D eigenvalue weighted by atomic mass is 9.96. The van der Waals surface area contributed by atoms with Crippen LogP contribution in [0.5, 0.6) is 11.5 Å². The van der Waals surface area contributed by atoms with Crippen molar-refractivity contribution in [2.75, 3.05) is 0 Å². The van der Waals surface area contributed by atoms with Crippen molar-refractivity contribution in [1.29, 1.82) is 0 Å². The van der Waals surface area contributed by atoms with Gasteiger partial charge >= 0.3 is 11.9 Å². The highest BCUT2D eigenvalue weighted by atomic mass is 16.5. The van der Waals surface area contributed by atoms with Crippen molar-refractivity contribution < 1.29 is 23.8 Å². The lowest BCUT2D eigenvalue weighted by molar-refractivity contribution is -0.132. The predicted octanol–water partition coefficient (Wildman–Crippen LogP) is 6.00. The van der Waals surface area contributed by atoms with Gasteiger partial charge in [0, 0.05) is 12.2 Å². The van der Waals surface area contributed by atoms with Crippen LogP contribution < -0.4 is 9.47 Å². The molecule has 0 N–H and O–H groups in total. The first-order valence-electron chi connectivity index (χ1n) is 9.80. The first kappa shape index (κ1) is 22.3. The van der Waals surface area contributed by atoms with Gasteiger partial charge in [-0.05, 0) is 59.0 Å². The SMILES string of the molecule is C=CC(=O)O/C=C\Oc1ccc(-c2ccc(-c3ccc(OC(=O)C=C)cc3)cc2C)cc1. The van der Waals surface area contributed by atoms with Gasteiger partial charge in [0.15, 0.2) is 0 Å². The summed E-state index contributed by atoms with van der Waals surface area (Å²) in [6.45, 7) is 8.76. The molecule has 0 saturated heterocycles. The van der Waals surface area contributed by atoms with Gasteiger partial charge in [0.25, 0.3) is 0 Å². The molecule has 0 bridgehead atoms. The Kier molecular flexibility index (Phi) is 7.38. The fraction of sp³-hybridized carbons (Fsp3) is 0.0370. The summed E-state index contributed by atoms with van der Waals surface area (Å²) >= 11 is 0. The summed E-state index contributed by atoms with van der Waals surface area (Å²) in [4.78, 5) is 22.3. The van der Waals surface area contributed by atoms with Gasteiger partial charge in [-0.1, -0.05) is 55.6 Å². The van der Waals surface area contributed by atoms with E-state index in [4.69, 9.17) is 14.2 Å². The fourth-order valence-corrected chi connectivity index (χ4v) is 3.00. The molecular formula is C27H22O5. The van der Waals surface area contributed by atoms with E-state index in [0.29, 0.717) is 11.5 Å². The third kappa shape index (κ3) is 5.83. The zero-order chi connectivity index (χ0) is 22.9. The molecule has 0 aromatic heterocycles. The zero-order valence-corrected chi connectivity index (χ0v) is 17.6. The molecule has 3 rings (SSSR count). The molecule has 32 heavy (non-hydrogen) atoms. The molecule has 160 valence electrons. The van der Waals surface area contributed by atoms with Gasteiger partial charge in [0.05, 0.1) is 0 Å². The summed E-state index contributed by atoms with van der Waals surface area (Å²) in [5.74, 6) is 0.0573. The number of hydrogen-bond donors (Lipinski definition) is 0. The number of carbonyl (C=O) groups excluding carboxylic acids is 2. The van der Waals surface area contributed by atoms with Crippen LogP contribution in [0.15, 0.2) is 105 Å². The van der Waals surface area contributed by atoms with E-state index < -0.39 is 11.9 Å². The molecule has 5 heteroatoms. The molecule has 0 unspecified atom stereocenters. The molecule has 0 amide bonds. The number of esters is 2. The zero-order valence-electron chi connectivity index (χ0n) is 17.6. The van der Waals surface area contributed by atoms with Crippen molar-refractivity contribution in [2.24, 2.45) is 0 Å². The Hall–Kier alpha value is -4.38. The Bertz CT molecular complexity index is 1160. The van der Waals surface area contributed by atoms with Gasteiger partial charge < -0.3 is 14.2 Å². The molecule has 0 aliphatic carbocycles. The average Bonchev–Trinajstić information content (AvgIpc) is 2.82. The van der Waals surface area contributed by atoms with Crippen molar-refractivity contribution in [2.45, 2.75) is 6.92 Å². The number of hydrogen-bond acceptors (Lipinski definition) is 5. The van der Waals surface area contributed by atoms with E-state index >= 15 is 0 Å². The Morgan fingerprint density at radius 2 is 1.31 bits per heavy atom. The molecule has 0 heterocycles. The summed E-state index contributed by atoms with van der Waals surface area (Å²) in [6, 6.07) is 21.2. The fourth-order valence-electron chi connectivity index (χ4n) is 3.00. The highest BCUT2D eigenvalue weighted by molar-refractivity contribution is 5.83. The Balaban J connectivity index is 1.69. The van der Waals surface area contributed by atoms with Gasteiger partial charge in [-0.3, -0.25) is 0 Å². The van der Waals surface area contributed by atoms with Gasteiger partial charge in [-0.15, -0.1) is 0 Å². The number of benzene rings is 3. The molecule has 0 radical (unpaired) electrons. The monoisotopic (exact) mass is 426 g/mol. The van der Waals surface area contributed by atoms with Crippen molar-refractivity contribution in [1.82, 2.24) is 0 Å². The van der Waals surface area contributed by atoms with Crippen LogP contribution in [0.2, 0.25) is 0 Å². The van der Waals surface area contributed by atoms with Gasteiger partial charge in [0.2, 0.25) is 0 Å². The van der Waals surface area contributed by atoms with Crippen LogP contribution in [-0.4, -0.2) is 11.9 Å². The molecule has 0 atom stereocenters. The highest BCUT2D eigenvalue weighted by Gasteiger charge is 2.06. The molecule has 0 spiro atoms. The van der Waals surface area contributed by atoms with Crippen LogP contribution in [0, 0.1) is 6.92 Å². The van der Waals surface area contributed by atoms with Gasteiger partial charge in [-0.2, -0.15) is 0 Å². The van der Waals surface area contributed by atoms with Crippen LogP contribution in [0.25, 0.3) is 22.3 Å². The van der Waals surface area contributed by atoms with E-state index in [1.807, 2.05) is 42.5 Å². The molecular weight excluding hydrogens is 404 g/mol. The summed E-state index contributed by atoms with van der Waals surface area (Å²) in [5.41, 5.74) is 5.36. The van der Waals surface area contributed by atoms with Crippen molar-refractivity contribution in [3.05, 3.63) is 110 Å². The number of carbonyl (C=O) groups is 2. The maximum Gasteiger partial charge on any atom is 0.335 e. The van der Waals surface area contributed by atoms with Gasteiger partial charge in [0.1, 0.15) is 24.0 Å². The van der Waals surface area contributed by atoms with Crippen molar-refractivity contribution in [3.8, 4) is 33.8 Å². The number of ether oxygens (including phenoxy) is 3. The van der Waals surface area contributed by atoms with Crippen LogP contribution in [-0.2, 0) is 14.3 Å². The molecule has 5 nitrogen and oxygen atoms in total. The summed E-state index contributed by atoms with van der Waals surface area (Å²) in [6.07, 6.45) is 4.66. The summed E-state index contributed by atoms with van der Waals surface area (Å²) in [5, 5.41) is 0. The minimum Gasteiger partial charge on any atom is -0.462 e. The molecule has 3 aromatic rings. The van der Waals surface area contributed by atoms with Crippen LogP contribution in [0.1, 0.15) is 5.56 Å². The molecule has 0 fully saturated rings. The molecule has 0 saturated carbocycles. The third-order valence-corrected chi connectivity index (χ3v) is 4.58. The maximum atomic E-state index is 11.3. The van der Waals surface area contributed by atoms with Crippen LogP contribution in [0.4, 0.5) is 0 Å². The molecule has 3 aromatic carbocycles. The summed E-state index contributed by atoms with van der Waals surface area (Å²) in [7, 11) is 0. The lowest BCUT2D eigenvalue weighted by Gasteiger charge is -2.10. The second kappa shape index (κ2) is 10.6. The van der Waals surface area contributed by atoms with E-state index in [1.165, 1.54) is 6.26 Å². The normalized spacial score (nSPS) is 10.4. The smallest absolute Gasteiger partial charge is 0.335 e. The third-order valence-electron chi connectivity index (χ3n) is 4.58. The Morgan fingerprint density at radius 1 is 0.719 bits per heavy atom. The number of rotatable bonds is 8. The largest absolute Gasteiger partial charge is 0.462 e. The lowest BCUT2D eigenvalue weighted by Crippen LogP contribution is -2.02. The standard InChI is InChI=1S/C27H22O5/c1-4-26(28)31-17-16-30-23-11-8-21(9-12-23)25-15-10-22(18-19(25)3)20-6-13-24(14-7-20)32-27(29)5-2/h4-18H,1-2H2,3H3/b17-16-. The van der Waals surface area contributed by atoms with E-state index in [-0.39, 0.29) is 0 Å². The minimum absolute atomic E-state index is 0.475. The summed E-state index contributed by atoms with van der Waals surface area (Å²) < 4.78 is 15.2. The Morgan fingerprint density at radius 3 is 1.94 bits per heavy atom. The first-order chi connectivity index (χ1) is 15.5. The topological polar surface area (TPSA) is 61.8 Å². The Labute approximate surface area is 186 Å². The molecule has 0 aliphatic rings. The first-order valence-corrected chi connectivity index (χ1v) is 9.80. The van der Waals surface area contributed by atoms with E-state index in [1.54, 1.807) is 12.1 Å². The predicted molar refractivity (Wildman–Crippen MR) is 124 cm³/mol. The van der Waals surface area contributed by atoms with Crippen molar-refractivity contribution in [3.63, 3.8) is 0 Å². The maximum absolute atomic E-state index is 11.3. The van der Waals surface area contributed by atoms with Crippen molar-refractivity contribution >= 4 is 11.9 Å². The average molecular weight is 426 g/mol. The quantitative estimate of drug-likeness (QED) is 0.191. The number of aryl methyl sites for hydroxylation is 1. The highest BCUT2D eigenvalue weighted by Crippen LogP contribution is 2.30. The van der Waals surface area contributed by atoms with Crippen LogP contribution >= 0.6 is 0 Å². The van der Waals surface area contributed by atoms with E-state index in [0.717, 1.165) is 46.2 Å². The minimum atomic E-state index is -0.550. The van der Waals surface area contributed by atoms with E-state index in [9.17, 15) is 9.59 Å².